The van der Waals surface area contributed by atoms with E-state index in [2.05, 4.69) is 27.8 Å². The average Bonchev–Trinajstić information content (AvgIpc) is 2.26. The van der Waals surface area contributed by atoms with Gasteiger partial charge in [0.15, 0.2) is 0 Å². The summed E-state index contributed by atoms with van der Waals surface area (Å²) in [7, 11) is 0. The lowest BCUT2D eigenvalue weighted by Crippen LogP contribution is -2.14. The Balaban J connectivity index is 2.64. The van der Waals surface area contributed by atoms with E-state index in [1.54, 1.807) is 12.1 Å². The zero-order valence-corrected chi connectivity index (χ0v) is 10.4. The molecule has 0 heterocycles. The van der Waals surface area contributed by atoms with Crippen molar-refractivity contribution in [1.29, 1.82) is 0 Å². The second-order valence-corrected chi connectivity index (χ2v) is 4.15. The second-order valence-electron chi connectivity index (χ2n) is 3.30. The largest absolute Gasteiger partial charge is 0.312 e. The van der Waals surface area contributed by atoms with Crippen molar-refractivity contribution in [1.82, 2.24) is 5.32 Å². The van der Waals surface area contributed by atoms with Gasteiger partial charge in [0.2, 0.25) is 0 Å². The fourth-order valence-corrected chi connectivity index (χ4v) is 1.64. The van der Waals surface area contributed by atoms with Gasteiger partial charge in [0.1, 0.15) is 0 Å². The van der Waals surface area contributed by atoms with E-state index in [-0.39, 0.29) is 5.69 Å². The molecule has 4 nitrogen and oxygen atoms in total. The Morgan fingerprint density at radius 2 is 2.31 bits per heavy atom. The van der Waals surface area contributed by atoms with Crippen LogP contribution < -0.4 is 5.32 Å². The summed E-state index contributed by atoms with van der Waals surface area (Å²) < 4.78 is 0.507. The molecule has 0 fully saturated rings. The van der Waals surface area contributed by atoms with Crippen LogP contribution in [0.25, 0.3) is 0 Å². The minimum atomic E-state index is -0.392. The van der Waals surface area contributed by atoms with Crippen LogP contribution >= 0.6 is 15.9 Å². The molecule has 5 heteroatoms. The SMILES string of the molecule is C=CCCNCc1ccc(Br)c([N+](=O)[O-])c1. The van der Waals surface area contributed by atoms with Crippen molar-refractivity contribution in [2.24, 2.45) is 0 Å². The summed E-state index contributed by atoms with van der Waals surface area (Å²) in [6.07, 6.45) is 2.72. The molecular formula is C11H13BrN2O2. The van der Waals surface area contributed by atoms with Crippen LogP contribution in [0.3, 0.4) is 0 Å². The molecule has 0 radical (unpaired) electrons. The van der Waals surface area contributed by atoms with Gasteiger partial charge in [0, 0.05) is 12.6 Å². The van der Waals surface area contributed by atoms with E-state index in [1.165, 1.54) is 0 Å². The first-order chi connectivity index (χ1) is 7.65. The van der Waals surface area contributed by atoms with E-state index in [4.69, 9.17) is 0 Å². The van der Waals surface area contributed by atoms with Crippen LogP contribution in [0.15, 0.2) is 35.3 Å². The lowest BCUT2D eigenvalue weighted by Gasteiger charge is -2.04. The fraction of sp³-hybridized carbons (Fsp3) is 0.273. The van der Waals surface area contributed by atoms with Gasteiger partial charge in [-0.25, -0.2) is 0 Å². The van der Waals surface area contributed by atoms with Gasteiger partial charge in [-0.15, -0.1) is 6.58 Å². The summed E-state index contributed by atoms with van der Waals surface area (Å²) in [4.78, 5) is 10.3. The van der Waals surface area contributed by atoms with Gasteiger partial charge in [-0.3, -0.25) is 10.1 Å². The Morgan fingerprint density at radius 1 is 1.56 bits per heavy atom. The topological polar surface area (TPSA) is 55.2 Å². The van der Waals surface area contributed by atoms with Crippen LogP contribution in [-0.4, -0.2) is 11.5 Å². The molecule has 0 amide bonds. The van der Waals surface area contributed by atoms with Crippen LogP contribution in [0.2, 0.25) is 0 Å². The van der Waals surface area contributed by atoms with E-state index < -0.39 is 4.92 Å². The number of rotatable bonds is 6. The molecule has 0 aliphatic rings. The Kier molecular flexibility index (Phi) is 5.14. The molecule has 0 saturated heterocycles. The molecule has 0 atom stereocenters. The second kappa shape index (κ2) is 6.40. The summed E-state index contributed by atoms with van der Waals surface area (Å²) in [5.74, 6) is 0. The quantitative estimate of drug-likeness (QED) is 0.378. The number of nitro groups is 1. The Hall–Kier alpha value is -1.20. The molecule has 1 aromatic rings. The minimum absolute atomic E-state index is 0.100. The normalized spacial score (nSPS) is 10.1. The summed E-state index contributed by atoms with van der Waals surface area (Å²) in [6.45, 7) is 5.07. The molecule has 1 rings (SSSR count). The molecule has 0 unspecified atom stereocenters. The van der Waals surface area contributed by atoms with Crippen LogP contribution in [0.5, 0.6) is 0 Å². The number of nitro benzene ring substituents is 1. The van der Waals surface area contributed by atoms with Gasteiger partial charge in [0.25, 0.3) is 5.69 Å². The van der Waals surface area contributed by atoms with E-state index in [0.717, 1.165) is 18.5 Å². The van der Waals surface area contributed by atoms with Crippen LogP contribution in [-0.2, 0) is 6.54 Å². The maximum Gasteiger partial charge on any atom is 0.283 e. The third-order valence-electron chi connectivity index (χ3n) is 2.06. The van der Waals surface area contributed by atoms with Crippen LogP contribution in [0.4, 0.5) is 5.69 Å². The summed E-state index contributed by atoms with van der Waals surface area (Å²) in [5, 5.41) is 13.9. The van der Waals surface area contributed by atoms with Crippen molar-refractivity contribution in [3.63, 3.8) is 0 Å². The molecule has 86 valence electrons. The predicted octanol–water partition coefficient (Wildman–Crippen LogP) is 3.02. The minimum Gasteiger partial charge on any atom is -0.312 e. The highest BCUT2D eigenvalue weighted by Gasteiger charge is 2.11. The monoisotopic (exact) mass is 284 g/mol. The van der Waals surface area contributed by atoms with Crippen molar-refractivity contribution in [3.05, 3.63) is 51.0 Å². The van der Waals surface area contributed by atoms with E-state index >= 15 is 0 Å². The highest BCUT2D eigenvalue weighted by molar-refractivity contribution is 9.10. The number of nitrogens with one attached hydrogen (secondary N) is 1. The number of hydrogen-bond donors (Lipinski definition) is 1. The van der Waals surface area contributed by atoms with Gasteiger partial charge < -0.3 is 5.32 Å². The molecule has 1 aromatic carbocycles. The number of nitrogens with zero attached hydrogens (tertiary/aromatic N) is 1. The Morgan fingerprint density at radius 3 is 2.94 bits per heavy atom. The van der Waals surface area contributed by atoms with Crippen molar-refractivity contribution < 1.29 is 4.92 Å². The third kappa shape index (κ3) is 3.75. The highest BCUT2D eigenvalue weighted by Crippen LogP contribution is 2.25. The zero-order chi connectivity index (χ0) is 12.0. The average molecular weight is 285 g/mol. The lowest BCUT2D eigenvalue weighted by atomic mass is 10.2. The van der Waals surface area contributed by atoms with Gasteiger partial charge in [0.05, 0.1) is 9.40 Å². The number of hydrogen-bond acceptors (Lipinski definition) is 3. The summed E-state index contributed by atoms with van der Waals surface area (Å²) >= 11 is 3.15. The van der Waals surface area contributed by atoms with Crippen molar-refractivity contribution in [2.45, 2.75) is 13.0 Å². The van der Waals surface area contributed by atoms with Crippen molar-refractivity contribution >= 4 is 21.6 Å². The molecule has 0 spiro atoms. The molecule has 1 N–H and O–H groups in total. The standard InChI is InChI=1S/C11H13BrN2O2/c1-2-3-6-13-8-9-4-5-10(12)11(7-9)14(15)16/h2,4-5,7,13H,1,3,6,8H2. The number of benzene rings is 1. The first-order valence-electron chi connectivity index (χ1n) is 4.89. The summed E-state index contributed by atoms with van der Waals surface area (Å²) in [6, 6.07) is 5.13. The summed E-state index contributed by atoms with van der Waals surface area (Å²) in [5.41, 5.74) is 1.00. The van der Waals surface area contributed by atoms with Crippen molar-refractivity contribution in [2.75, 3.05) is 6.54 Å². The molecule has 16 heavy (non-hydrogen) atoms. The lowest BCUT2D eigenvalue weighted by molar-refractivity contribution is -0.385. The van der Waals surface area contributed by atoms with E-state index in [0.29, 0.717) is 11.0 Å². The molecule has 0 aliphatic heterocycles. The van der Waals surface area contributed by atoms with Gasteiger partial charge in [-0.05, 0) is 40.5 Å². The van der Waals surface area contributed by atoms with Crippen LogP contribution in [0, 0.1) is 10.1 Å². The molecule has 0 aliphatic carbocycles. The number of halogens is 1. The Labute approximate surface area is 103 Å². The van der Waals surface area contributed by atoms with Crippen molar-refractivity contribution in [3.8, 4) is 0 Å². The molecule has 0 aromatic heterocycles. The van der Waals surface area contributed by atoms with Gasteiger partial charge in [-0.2, -0.15) is 0 Å². The first kappa shape index (κ1) is 12.9. The molecular weight excluding hydrogens is 272 g/mol. The van der Waals surface area contributed by atoms with E-state index in [1.807, 2.05) is 12.1 Å². The zero-order valence-electron chi connectivity index (χ0n) is 8.78. The third-order valence-corrected chi connectivity index (χ3v) is 2.73. The maximum absolute atomic E-state index is 10.7. The Bertz CT molecular complexity index is 394. The smallest absolute Gasteiger partial charge is 0.283 e. The van der Waals surface area contributed by atoms with Crippen LogP contribution in [0.1, 0.15) is 12.0 Å². The van der Waals surface area contributed by atoms with Gasteiger partial charge in [-0.1, -0.05) is 12.1 Å². The predicted molar refractivity (Wildman–Crippen MR) is 67.3 cm³/mol. The highest BCUT2D eigenvalue weighted by atomic mass is 79.9. The fourth-order valence-electron chi connectivity index (χ4n) is 1.24. The maximum atomic E-state index is 10.7. The first-order valence-corrected chi connectivity index (χ1v) is 5.69. The molecule has 0 saturated carbocycles. The van der Waals surface area contributed by atoms with Gasteiger partial charge >= 0.3 is 0 Å². The van der Waals surface area contributed by atoms with E-state index in [9.17, 15) is 10.1 Å². The molecule has 0 bridgehead atoms.